The van der Waals surface area contributed by atoms with Crippen LogP contribution in [-0.2, 0) is 17.6 Å². The Morgan fingerprint density at radius 3 is 2.53 bits per heavy atom. The third kappa shape index (κ3) is 2.94. The Hall–Kier alpha value is -1.07. The molecule has 84 valence electrons. The van der Waals surface area contributed by atoms with Crippen molar-refractivity contribution < 1.29 is 18.0 Å². The highest BCUT2D eigenvalue weighted by Gasteiger charge is 2.33. The van der Waals surface area contributed by atoms with E-state index in [0.717, 1.165) is 6.07 Å². The quantitative estimate of drug-likeness (QED) is 0.789. The summed E-state index contributed by atoms with van der Waals surface area (Å²) in [5, 5.41) is 0. The fourth-order valence-electron chi connectivity index (χ4n) is 1.35. The van der Waals surface area contributed by atoms with E-state index in [1.165, 1.54) is 13.2 Å². The standard InChI is InChI=1S/C10H12F3NO/c1-7-4-3-5-9(10(11,12)13)8(7)6-14-15-2/h3-5,14H,6H2,1-2H3. The van der Waals surface area contributed by atoms with Gasteiger partial charge in [0, 0.05) is 6.54 Å². The van der Waals surface area contributed by atoms with Crippen molar-refractivity contribution in [1.29, 1.82) is 0 Å². The average molecular weight is 219 g/mol. The van der Waals surface area contributed by atoms with Gasteiger partial charge in [0.2, 0.25) is 0 Å². The number of hydrogen-bond donors (Lipinski definition) is 1. The highest BCUT2D eigenvalue weighted by Crippen LogP contribution is 2.33. The van der Waals surface area contributed by atoms with Crippen molar-refractivity contribution in [2.24, 2.45) is 0 Å². The van der Waals surface area contributed by atoms with Crippen LogP contribution >= 0.6 is 0 Å². The summed E-state index contributed by atoms with van der Waals surface area (Å²) in [5.74, 6) is 0. The number of aryl methyl sites for hydroxylation is 1. The minimum atomic E-state index is -4.32. The summed E-state index contributed by atoms with van der Waals surface area (Å²) >= 11 is 0. The molecule has 1 rings (SSSR count). The van der Waals surface area contributed by atoms with E-state index in [-0.39, 0.29) is 12.1 Å². The molecule has 0 fully saturated rings. The van der Waals surface area contributed by atoms with Crippen LogP contribution in [0.5, 0.6) is 0 Å². The maximum atomic E-state index is 12.6. The van der Waals surface area contributed by atoms with Gasteiger partial charge >= 0.3 is 6.18 Å². The number of nitrogens with one attached hydrogen (secondary N) is 1. The molecule has 2 nitrogen and oxygen atoms in total. The van der Waals surface area contributed by atoms with Gasteiger partial charge in [-0.15, -0.1) is 0 Å². The summed E-state index contributed by atoms with van der Waals surface area (Å²) in [6.45, 7) is 1.68. The molecule has 0 aliphatic rings. The van der Waals surface area contributed by atoms with Crippen LogP contribution in [0, 0.1) is 6.92 Å². The van der Waals surface area contributed by atoms with Gasteiger partial charge in [-0.05, 0) is 24.1 Å². The van der Waals surface area contributed by atoms with Crippen LogP contribution in [0.25, 0.3) is 0 Å². The van der Waals surface area contributed by atoms with Gasteiger partial charge in [0.15, 0.2) is 0 Å². The van der Waals surface area contributed by atoms with Gasteiger partial charge in [0.05, 0.1) is 12.7 Å². The maximum absolute atomic E-state index is 12.6. The molecule has 0 atom stereocenters. The van der Waals surface area contributed by atoms with Crippen molar-refractivity contribution >= 4 is 0 Å². The zero-order chi connectivity index (χ0) is 11.5. The van der Waals surface area contributed by atoms with Crippen LogP contribution in [0.1, 0.15) is 16.7 Å². The lowest BCUT2D eigenvalue weighted by atomic mass is 10.0. The van der Waals surface area contributed by atoms with Crippen molar-refractivity contribution in [2.45, 2.75) is 19.6 Å². The van der Waals surface area contributed by atoms with Crippen molar-refractivity contribution in [3.63, 3.8) is 0 Å². The van der Waals surface area contributed by atoms with E-state index in [1.807, 2.05) is 0 Å². The Labute approximate surface area is 86.0 Å². The van der Waals surface area contributed by atoms with Crippen LogP contribution in [0.15, 0.2) is 18.2 Å². The molecular formula is C10H12F3NO. The van der Waals surface area contributed by atoms with Crippen molar-refractivity contribution in [3.8, 4) is 0 Å². The Kier molecular flexibility index (Phi) is 3.71. The minimum absolute atomic E-state index is 0.0397. The normalized spacial score (nSPS) is 11.8. The highest BCUT2D eigenvalue weighted by atomic mass is 19.4. The first-order valence-corrected chi connectivity index (χ1v) is 4.38. The summed E-state index contributed by atoms with van der Waals surface area (Å²) in [5.41, 5.74) is 2.61. The van der Waals surface area contributed by atoms with Crippen molar-refractivity contribution in [3.05, 3.63) is 34.9 Å². The molecule has 0 aliphatic heterocycles. The predicted molar refractivity (Wildman–Crippen MR) is 50.0 cm³/mol. The molecule has 0 spiro atoms. The lowest BCUT2D eigenvalue weighted by molar-refractivity contribution is -0.138. The second-order valence-electron chi connectivity index (χ2n) is 3.12. The third-order valence-corrected chi connectivity index (χ3v) is 2.11. The molecule has 0 saturated carbocycles. The van der Waals surface area contributed by atoms with Gasteiger partial charge in [-0.2, -0.15) is 18.7 Å². The van der Waals surface area contributed by atoms with E-state index in [9.17, 15) is 13.2 Å². The van der Waals surface area contributed by atoms with Gasteiger partial charge < -0.3 is 4.84 Å². The Bertz CT molecular complexity index is 336. The molecule has 0 bridgehead atoms. The molecule has 5 heteroatoms. The van der Waals surface area contributed by atoms with Gasteiger partial charge in [-0.1, -0.05) is 12.1 Å². The molecule has 1 N–H and O–H groups in total. The number of hydroxylamine groups is 1. The smallest absolute Gasteiger partial charge is 0.305 e. The minimum Gasteiger partial charge on any atom is -0.305 e. The predicted octanol–water partition coefficient (Wildman–Crippen LogP) is 2.66. The fourth-order valence-corrected chi connectivity index (χ4v) is 1.35. The average Bonchev–Trinajstić information content (AvgIpc) is 2.14. The Balaban J connectivity index is 3.09. The highest BCUT2D eigenvalue weighted by molar-refractivity contribution is 5.36. The van der Waals surface area contributed by atoms with E-state index in [4.69, 9.17) is 0 Å². The van der Waals surface area contributed by atoms with Crippen molar-refractivity contribution in [2.75, 3.05) is 7.11 Å². The van der Waals surface area contributed by atoms with E-state index in [2.05, 4.69) is 10.3 Å². The topological polar surface area (TPSA) is 21.3 Å². The van der Waals surface area contributed by atoms with Crippen LogP contribution in [-0.4, -0.2) is 7.11 Å². The number of rotatable bonds is 3. The first-order valence-electron chi connectivity index (χ1n) is 4.38. The van der Waals surface area contributed by atoms with E-state index in [0.29, 0.717) is 5.56 Å². The Morgan fingerprint density at radius 1 is 1.33 bits per heavy atom. The van der Waals surface area contributed by atoms with Gasteiger partial charge in [0.1, 0.15) is 0 Å². The molecule has 1 aromatic rings. The number of benzene rings is 1. The molecule has 0 heterocycles. The lowest BCUT2D eigenvalue weighted by Gasteiger charge is -2.15. The molecular weight excluding hydrogens is 207 g/mol. The maximum Gasteiger partial charge on any atom is 0.416 e. The van der Waals surface area contributed by atoms with Gasteiger partial charge in [-0.25, -0.2) is 0 Å². The Morgan fingerprint density at radius 2 is 2.00 bits per heavy atom. The third-order valence-electron chi connectivity index (χ3n) is 2.11. The monoisotopic (exact) mass is 219 g/mol. The van der Waals surface area contributed by atoms with Crippen LogP contribution < -0.4 is 5.48 Å². The summed E-state index contributed by atoms with van der Waals surface area (Å²) in [6.07, 6.45) is -4.32. The summed E-state index contributed by atoms with van der Waals surface area (Å²) in [4.78, 5) is 4.55. The zero-order valence-electron chi connectivity index (χ0n) is 8.48. The van der Waals surface area contributed by atoms with Gasteiger partial charge in [-0.3, -0.25) is 0 Å². The summed E-state index contributed by atoms with van der Waals surface area (Å²) < 4.78 is 37.8. The second kappa shape index (κ2) is 4.63. The number of halogens is 3. The molecule has 0 aliphatic carbocycles. The molecule has 1 aromatic carbocycles. The molecule has 0 radical (unpaired) electrons. The lowest BCUT2D eigenvalue weighted by Crippen LogP contribution is -2.17. The van der Waals surface area contributed by atoms with Crippen LogP contribution in [0.4, 0.5) is 13.2 Å². The van der Waals surface area contributed by atoms with Crippen LogP contribution in [0.3, 0.4) is 0 Å². The van der Waals surface area contributed by atoms with E-state index in [1.54, 1.807) is 13.0 Å². The van der Waals surface area contributed by atoms with Gasteiger partial charge in [0.25, 0.3) is 0 Å². The first-order chi connectivity index (χ1) is 6.96. The van der Waals surface area contributed by atoms with Crippen molar-refractivity contribution in [1.82, 2.24) is 5.48 Å². The van der Waals surface area contributed by atoms with E-state index < -0.39 is 11.7 Å². The SMILES string of the molecule is CONCc1c(C)cccc1C(F)(F)F. The molecule has 0 unspecified atom stereocenters. The van der Waals surface area contributed by atoms with Crippen LogP contribution in [0.2, 0.25) is 0 Å². The zero-order valence-corrected chi connectivity index (χ0v) is 8.48. The number of alkyl halides is 3. The second-order valence-corrected chi connectivity index (χ2v) is 3.12. The summed E-state index contributed by atoms with van der Waals surface area (Å²) in [6, 6.07) is 4.11. The van der Waals surface area contributed by atoms with E-state index >= 15 is 0 Å². The molecule has 15 heavy (non-hydrogen) atoms. The number of hydrogen-bond acceptors (Lipinski definition) is 2. The molecule has 0 saturated heterocycles. The molecule has 0 amide bonds. The fraction of sp³-hybridized carbons (Fsp3) is 0.400. The summed E-state index contributed by atoms with van der Waals surface area (Å²) in [7, 11) is 1.37. The first kappa shape index (κ1) is 12.0. The largest absolute Gasteiger partial charge is 0.416 e. The molecule has 0 aromatic heterocycles.